The number of alkyl halides is 2. The number of nitrogens with two attached hydrogens (primary N) is 2. The molecule has 0 aliphatic carbocycles. The number of nitrogens with zero attached hydrogens (tertiary/aromatic N) is 8. The van der Waals surface area contributed by atoms with Crippen molar-refractivity contribution in [2.75, 3.05) is 24.7 Å². The first-order valence-electron chi connectivity index (χ1n) is 13.1. The van der Waals surface area contributed by atoms with E-state index in [0.29, 0.717) is 0 Å². The molecule has 242 valence electrons. The summed E-state index contributed by atoms with van der Waals surface area (Å²) in [5.41, 5.74) is 9.99. The number of anilines is 2. The van der Waals surface area contributed by atoms with E-state index in [9.17, 15) is 9.79 Å². The van der Waals surface area contributed by atoms with Crippen LogP contribution in [0.15, 0.2) is 25.3 Å². The van der Waals surface area contributed by atoms with E-state index in [-0.39, 0.29) is 34.0 Å². The molecule has 3 aliphatic heterocycles. The lowest BCUT2D eigenvalue weighted by Gasteiger charge is -2.32. The first kappa shape index (κ1) is 31.2. The van der Waals surface area contributed by atoms with E-state index in [1.165, 1.54) is 34.4 Å². The molecule has 6 N–H and O–H groups in total. The molecule has 7 heterocycles. The molecule has 7 rings (SSSR count). The lowest BCUT2D eigenvalue weighted by Crippen LogP contribution is -2.43. The molecule has 45 heavy (non-hydrogen) atoms. The van der Waals surface area contributed by atoms with Gasteiger partial charge in [-0.1, -0.05) is 0 Å². The number of ether oxygens (including phenoxy) is 2. The minimum Gasteiger partial charge on any atom is -0.382 e. The minimum atomic E-state index is -4.28. The minimum absolute atomic E-state index is 0.0561. The monoisotopic (exact) mass is 708 g/mol. The average Bonchev–Trinajstić information content (AvgIpc) is 3.72. The molecule has 0 bridgehead atoms. The van der Waals surface area contributed by atoms with Crippen molar-refractivity contribution in [2.24, 2.45) is 0 Å². The molecule has 0 aromatic carbocycles. The van der Waals surface area contributed by atoms with Crippen LogP contribution in [0.5, 0.6) is 0 Å². The second-order valence-electron chi connectivity index (χ2n) is 10.5. The summed E-state index contributed by atoms with van der Waals surface area (Å²) in [4.78, 5) is 46.2. The van der Waals surface area contributed by atoms with Crippen molar-refractivity contribution in [3.8, 4) is 0 Å². The van der Waals surface area contributed by atoms with Crippen LogP contribution in [-0.2, 0) is 51.2 Å². The fourth-order valence-electron chi connectivity index (χ4n) is 5.48. The highest BCUT2D eigenvalue weighted by Crippen LogP contribution is 2.56. The Balaban J connectivity index is 1.19. The van der Waals surface area contributed by atoms with E-state index in [2.05, 4.69) is 29.9 Å². The SMILES string of the molecule is C[C@@]1(F)[C@@H]2OP(O)(=S)OC[C@H]3O[C@@H](n4cnc5c(N)ncnc54)[C@H](F)[C@@H]3OP(O)(=S)OC[C@H]2O[C@H]1n1cnc2c(N)ncnc21. The third-order valence-corrected chi connectivity index (χ3v) is 10.7. The van der Waals surface area contributed by atoms with Gasteiger partial charge in [-0.05, 0) is 30.5 Å². The summed E-state index contributed by atoms with van der Waals surface area (Å²) >= 11 is 10.4. The number of hydrogen-bond acceptors (Lipinski definition) is 16. The number of nitrogen functional groups attached to an aromatic ring is 2. The number of hydrogen-bond donors (Lipinski definition) is 4. The van der Waals surface area contributed by atoms with E-state index in [1.54, 1.807) is 0 Å². The molecule has 3 fully saturated rings. The maximum atomic E-state index is 16.7. The summed E-state index contributed by atoms with van der Waals surface area (Å²) in [5.74, 6) is 0.115. The van der Waals surface area contributed by atoms with Crippen molar-refractivity contribution >= 4 is 71.0 Å². The van der Waals surface area contributed by atoms with Crippen molar-refractivity contribution in [3.63, 3.8) is 0 Å². The number of halogens is 2. The molecule has 10 atom stereocenters. The van der Waals surface area contributed by atoms with Crippen LogP contribution in [-0.4, -0.2) is 98.3 Å². The summed E-state index contributed by atoms with van der Waals surface area (Å²) in [7, 11) is 0. The highest BCUT2D eigenvalue weighted by Gasteiger charge is 2.59. The van der Waals surface area contributed by atoms with Gasteiger partial charge in [-0.3, -0.25) is 18.2 Å². The zero-order valence-corrected chi connectivity index (χ0v) is 26.2. The van der Waals surface area contributed by atoms with Crippen LogP contribution in [0.4, 0.5) is 20.4 Å². The first-order valence-corrected chi connectivity index (χ1v) is 18.3. The molecule has 18 nitrogen and oxygen atoms in total. The van der Waals surface area contributed by atoms with Crippen LogP contribution in [0, 0.1) is 0 Å². The second kappa shape index (κ2) is 11.1. The maximum Gasteiger partial charge on any atom is 0.325 e. The average molecular weight is 709 g/mol. The third kappa shape index (κ3) is 5.41. The van der Waals surface area contributed by atoms with Crippen LogP contribution in [0.1, 0.15) is 19.4 Å². The Hall–Kier alpha value is -2.46. The maximum absolute atomic E-state index is 16.7. The molecule has 24 heteroatoms. The van der Waals surface area contributed by atoms with Gasteiger partial charge in [-0.25, -0.2) is 38.7 Å². The van der Waals surface area contributed by atoms with Gasteiger partial charge in [-0.2, -0.15) is 0 Å². The Morgan fingerprint density at radius 3 is 2.07 bits per heavy atom. The van der Waals surface area contributed by atoms with Gasteiger partial charge in [0.1, 0.15) is 48.1 Å². The lowest BCUT2D eigenvalue weighted by molar-refractivity contribution is -0.0601. The summed E-state index contributed by atoms with van der Waals surface area (Å²) in [6.45, 7) is -8.62. The largest absolute Gasteiger partial charge is 0.382 e. The molecule has 4 aromatic heterocycles. The highest BCUT2D eigenvalue weighted by molar-refractivity contribution is 8.07. The van der Waals surface area contributed by atoms with Crippen LogP contribution < -0.4 is 11.5 Å². The number of fused-ring (bicyclic) bond motifs is 4. The van der Waals surface area contributed by atoms with Crippen molar-refractivity contribution in [1.29, 1.82) is 0 Å². The molecule has 3 aliphatic rings. The van der Waals surface area contributed by atoms with Gasteiger partial charge >= 0.3 is 13.4 Å². The summed E-state index contributed by atoms with van der Waals surface area (Å²) < 4.78 is 69.3. The Bertz CT molecular complexity index is 1890. The number of imidazole rings is 2. The number of rotatable bonds is 2. The lowest BCUT2D eigenvalue weighted by atomic mass is 9.98. The van der Waals surface area contributed by atoms with Gasteiger partial charge in [0.2, 0.25) is 0 Å². The van der Waals surface area contributed by atoms with Gasteiger partial charge in [-0.15, -0.1) is 0 Å². The quantitative estimate of drug-likeness (QED) is 0.212. The first-order chi connectivity index (χ1) is 21.3. The molecule has 0 amide bonds. The van der Waals surface area contributed by atoms with E-state index in [4.69, 9.17) is 62.6 Å². The molecule has 4 aromatic rings. The fourth-order valence-corrected chi connectivity index (χ4v) is 8.40. The van der Waals surface area contributed by atoms with E-state index >= 15 is 8.78 Å². The van der Waals surface area contributed by atoms with Gasteiger partial charge in [0, 0.05) is 0 Å². The normalized spacial score (nSPS) is 39.4. The van der Waals surface area contributed by atoms with E-state index in [0.717, 1.165) is 6.92 Å². The van der Waals surface area contributed by atoms with Crippen LogP contribution >= 0.6 is 13.4 Å². The fraction of sp³-hybridized carbons (Fsp3) is 0.524. The van der Waals surface area contributed by atoms with Gasteiger partial charge in [0.25, 0.3) is 0 Å². The molecule has 3 saturated heterocycles. The highest BCUT2D eigenvalue weighted by atomic mass is 32.5. The van der Waals surface area contributed by atoms with E-state index < -0.39 is 75.4 Å². The number of aromatic nitrogens is 8. The van der Waals surface area contributed by atoms with Crippen LogP contribution in [0.2, 0.25) is 0 Å². The Morgan fingerprint density at radius 2 is 1.42 bits per heavy atom. The molecule has 0 radical (unpaired) electrons. The van der Waals surface area contributed by atoms with Gasteiger partial charge in [0.05, 0.1) is 25.9 Å². The van der Waals surface area contributed by atoms with Gasteiger partial charge < -0.3 is 39.8 Å². The van der Waals surface area contributed by atoms with Gasteiger partial charge in [0.15, 0.2) is 47.2 Å². The zero-order chi connectivity index (χ0) is 31.9. The standard InChI is InChI=1S/C21H24F2N10O8P2S2/c1-21(23)14-9(39-20(21)33-7-31-12-16(25)27-5-29-18(12)33)3-37-42(34,44)40-13-8(2-36-43(35,45)41-14)38-19(10(13)22)32-6-30-11-15(24)26-4-28-17(11)32/h4-10,13-14,19-20H,2-3H2,1H3,(H,34,44)(H,35,45)(H2,24,26,28)(H2,25,27,29)/t8-,9-,10-,13-,14-,19-,20-,21-,42?,43?/m1/s1. The summed E-state index contributed by atoms with van der Waals surface area (Å²) in [6, 6.07) is 0. The Kier molecular flexibility index (Phi) is 7.66. The Morgan fingerprint density at radius 1 is 0.867 bits per heavy atom. The predicted octanol–water partition coefficient (Wildman–Crippen LogP) is 0.942. The van der Waals surface area contributed by atoms with E-state index in [1.807, 2.05) is 0 Å². The molecule has 2 unspecified atom stereocenters. The van der Waals surface area contributed by atoms with Crippen molar-refractivity contribution < 1.29 is 46.1 Å². The topological polar surface area (TPSA) is 235 Å². The summed E-state index contributed by atoms with van der Waals surface area (Å²) in [5, 5.41) is 0. The second-order valence-corrected chi connectivity index (χ2v) is 16.1. The van der Waals surface area contributed by atoms with Crippen LogP contribution in [0.3, 0.4) is 0 Å². The zero-order valence-electron chi connectivity index (χ0n) is 22.8. The molecular formula is C21H24F2N10O8P2S2. The molecular weight excluding hydrogens is 684 g/mol. The molecule has 0 saturated carbocycles. The molecule has 0 spiro atoms. The van der Waals surface area contributed by atoms with Crippen molar-refractivity contribution in [1.82, 2.24) is 39.0 Å². The smallest absolute Gasteiger partial charge is 0.325 e. The summed E-state index contributed by atoms with van der Waals surface area (Å²) in [6.07, 6.45) is -5.92. The van der Waals surface area contributed by atoms with Crippen molar-refractivity contribution in [2.45, 2.75) is 55.6 Å². The third-order valence-electron chi connectivity index (χ3n) is 7.55. The Labute approximate surface area is 261 Å². The van der Waals surface area contributed by atoms with Crippen molar-refractivity contribution in [3.05, 3.63) is 25.3 Å². The van der Waals surface area contributed by atoms with Crippen LogP contribution in [0.25, 0.3) is 22.3 Å². The predicted molar refractivity (Wildman–Crippen MR) is 156 cm³/mol.